The second-order valence-electron chi connectivity index (χ2n) is 3.95. The van der Waals surface area contributed by atoms with Crippen LogP contribution in [-0.2, 0) is 17.8 Å². The number of aromatic carboxylic acids is 1. The van der Waals surface area contributed by atoms with Crippen LogP contribution in [0.15, 0.2) is 18.2 Å². The zero-order valence-electron chi connectivity index (χ0n) is 10.1. The maximum absolute atomic E-state index is 10.9. The average Bonchev–Trinajstić information content (AvgIpc) is 2.27. The van der Waals surface area contributed by atoms with Gasteiger partial charge >= 0.3 is 5.97 Å². The molecule has 0 spiro atoms. The molecule has 1 aromatic rings. The molecule has 0 saturated heterocycles. The Morgan fingerprint density at radius 2 is 2.00 bits per heavy atom. The molecule has 1 amide bonds. The van der Waals surface area contributed by atoms with Gasteiger partial charge in [-0.3, -0.25) is 4.79 Å². The zero-order chi connectivity index (χ0) is 12.8. The SMILES string of the molecule is CCCc1cc(C(=O)O)ccc1CNC(C)=O. The predicted molar refractivity (Wildman–Crippen MR) is 64.9 cm³/mol. The molecule has 17 heavy (non-hydrogen) atoms. The van der Waals surface area contributed by atoms with E-state index in [1.807, 2.05) is 6.92 Å². The Balaban J connectivity index is 2.95. The van der Waals surface area contributed by atoms with Crippen LogP contribution in [-0.4, -0.2) is 17.0 Å². The van der Waals surface area contributed by atoms with Crippen molar-refractivity contribution in [1.29, 1.82) is 0 Å². The van der Waals surface area contributed by atoms with E-state index >= 15 is 0 Å². The summed E-state index contributed by atoms with van der Waals surface area (Å²) in [4.78, 5) is 21.7. The van der Waals surface area contributed by atoms with E-state index in [1.165, 1.54) is 6.92 Å². The number of carboxylic acids is 1. The summed E-state index contributed by atoms with van der Waals surface area (Å²) >= 11 is 0. The lowest BCUT2D eigenvalue weighted by Crippen LogP contribution is -2.20. The fraction of sp³-hybridized carbons (Fsp3) is 0.385. The Labute approximate surface area is 101 Å². The van der Waals surface area contributed by atoms with Crippen LogP contribution in [0.5, 0.6) is 0 Å². The highest BCUT2D eigenvalue weighted by Gasteiger charge is 2.08. The van der Waals surface area contributed by atoms with Gasteiger partial charge in [0.15, 0.2) is 0 Å². The van der Waals surface area contributed by atoms with E-state index in [1.54, 1.807) is 18.2 Å². The summed E-state index contributed by atoms with van der Waals surface area (Å²) in [7, 11) is 0. The van der Waals surface area contributed by atoms with Crippen LogP contribution in [0, 0.1) is 0 Å². The summed E-state index contributed by atoms with van der Waals surface area (Å²) in [5.74, 6) is -1.01. The highest BCUT2D eigenvalue weighted by molar-refractivity contribution is 5.87. The molecule has 0 bridgehead atoms. The molecular weight excluding hydrogens is 218 g/mol. The van der Waals surface area contributed by atoms with Crippen molar-refractivity contribution < 1.29 is 14.7 Å². The molecule has 4 nitrogen and oxygen atoms in total. The number of carbonyl (C=O) groups is 2. The Morgan fingerprint density at radius 1 is 1.29 bits per heavy atom. The van der Waals surface area contributed by atoms with E-state index in [9.17, 15) is 9.59 Å². The summed E-state index contributed by atoms with van der Waals surface area (Å²) in [6.07, 6.45) is 1.76. The number of hydrogen-bond donors (Lipinski definition) is 2. The lowest BCUT2D eigenvalue weighted by Gasteiger charge is -2.10. The summed E-state index contributed by atoms with van der Waals surface area (Å²) in [5, 5.41) is 11.6. The quantitative estimate of drug-likeness (QED) is 0.820. The lowest BCUT2D eigenvalue weighted by atomic mass is 10.00. The molecule has 0 fully saturated rings. The minimum atomic E-state index is -0.923. The van der Waals surface area contributed by atoms with E-state index in [0.29, 0.717) is 12.1 Å². The van der Waals surface area contributed by atoms with E-state index in [4.69, 9.17) is 5.11 Å². The maximum Gasteiger partial charge on any atom is 0.335 e. The summed E-state index contributed by atoms with van der Waals surface area (Å²) in [6.45, 7) is 3.95. The van der Waals surface area contributed by atoms with Gasteiger partial charge in [-0.15, -0.1) is 0 Å². The number of amides is 1. The second-order valence-corrected chi connectivity index (χ2v) is 3.95. The second kappa shape index (κ2) is 6.03. The summed E-state index contributed by atoms with van der Waals surface area (Å²) in [6, 6.07) is 5.02. The van der Waals surface area contributed by atoms with Crippen molar-refractivity contribution in [3.8, 4) is 0 Å². The molecule has 0 saturated carbocycles. The van der Waals surface area contributed by atoms with E-state index in [-0.39, 0.29) is 5.91 Å². The minimum Gasteiger partial charge on any atom is -0.478 e. The number of nitrogens with one attached hydrogen (secondary N) is 1. The molecule has 0 radical (unpaired) electrons. The first-order valence-electron chi connectivity index (χ1n) is 5.64. The fourth-order valence-electron chi connectivity index (χ4n) is 1.65. The molecule has 1 rings (SSSR count). The summed E-state index contributed by atoms with van der Waals surface area (Å²) in [5.41, 5.74) is 2.26. The molecule has 0 aromatic heterocycles. The Kier molecular flexibility index (Phi) is 4.69. The maximum atomic E-state index is 10.9. The van der Waals surface area contributed by atoms with E-state index in [2.05, 4.69) is 5.32 Å². The number of carbonyl (C=O) groups excluding carboxylic acids is 1. The van der Waals surface area contributed by atoms with Crippen LogP contribution in [0.25, 0.3) is 0 Å². The van der Waals surface area contributed by atoms with Gasteiger partial charge in [-0.05, 0) is 29.7 Å². The normalized spacial score (nSPS) is 10.0. The molecule has 92 valence electrons. The molecule has 0 aliphatic heterocycles. The fourth-order valence-corrected chi connectivity index (χ4v) is 1.65. The van der Waals surface area contributed by atoms with Crippen molar-refractivity contribution in [2.24, 2.45) is 0 Å². The monoisotopic (exact) mass is 235 g/mol. The molecule has 0 aliphatic rings. The van der Waals surface area contributed by atoms with Gasteiger partial charge in [0.25, 0.3) is 0 Å². The standard InChI is InChI=1S/C13H17NO3/c1-3-4-10-7-11(13(16)17)5-6-12(10)8-14-9(2)15/h5-7H,3-4,8H2,1-2H3,(H,14,15)(H,16,17). The van der Waals surface area contributed by atoms with Crippen molar-refractivity contribution in [3.63, 3.8) is 0 Å². The first kappa shape index (κ1) is 13.2. The Hall–Kier alpha value is -1.84. The third kappa shape index (κ3) is 3.90. The topological polar surface area (TPSA) is 66.4 Å². The number of benzene rings is 1. The highest BCUT2D eigenvalue weighted by Crippen LogP contribution is 2.14. The van der Waals surface area contributed by atoms with Gasteiger partial charge in [0, 0.05) is 13.5 Å². The number of hydrogen-bond acceptors (Lipinski definition) is 2. The third-order valence-electron chi connectivity index (χ3n) is 2.50. The highest BCUT2D eigenvalue weighted by atomic mass is 16.4. The third-order valence-corrected chi connectivity index (χ3v) is 2.50. The number of rotatable bonds is 5. The zero-order valence-corrected chi connectivity index (χ0v) is 10.1. The van der Waals surface area contributed by atoms with E-state index in [0.717, 1.165) is 24.0 Å². The molecule has 4 heteroatoms. The van der Waals surface area contributed by atoms with Crippen LogP contribution in [0.2, 0.25) is 0 Å². The largest absolute Gasteiger partial charge is 0.478 e. The van der Waals surface area contributed by atoms with Crippen molar-refractivity contribution in [1.82, 2.24) is 5.32 Å². The van der Waals surface area contributed by atoms with Gasteiger partial charge in [-0.25, -0.2) is 4.79 Å². The minimum absolute atomic E-state index is 0.0882. The molecular formula is C13H17NO3. The van der Waals surface area contributed by atoms with Crippen molar-refractivity contribution in [2.45, 2.75) is 33.2 Å². The number of aryl methyl sites for hydroxylation is 1. The predicted octanol–water partition coefficient (Wildman–Crippen LogP) is 1.97. The number of carboxylic acid groups (broad SMARTS) is 1. The van der Waals surface area contributed by atoms with Gasteiger partial charge in [0.1, 0.15) is 0 Å². The van der Waals surface area contributed by atoms with Crippen LogP contribution in [0.4, 0.5) is 0 Å². The van der Waals surface area contributed by atoms with Crippen molar-refractivity contribution in [3.05, 3.63) is 34.9 Å². The van der Waals surface area contributed by atoms with Gasteiger partial charge in [-0.2, -0.15) is 0 Å². The molecule has 0 atom stereocenters. The Morgan fingerprint density at radius 3 is 2.53 bits per heavy atom. The molecule has 1 aromatic carbocycles. The molecule has 2 N–H and O–H groups in total. The molecule has 0 heterocycles. The van der Waals surface area contributed by atoms with E-state index < -0.39 is 5.97 Å². The van der Waals surface area contributed by atoms with Crippen LogP contribution >= 0.6 is 0 Å². The Bertz CT molecular complexity index is 427. The van der Waals surface area contributed by atoms with Crippen molar-refractivity contribution >= 4 is 11.9 Å². The first-order chi connectivity index (χ1) is 8.04. The first-order valence-corrected chi connectivity index (χ1v) is 5.64. The van der Waals surface area contributed by atoms with Crippen LogP contribution in [0.3, 0.4) is 0 Å². The van der Waals surface area contributed by atoms with Crippen molar-refractivity contribution in [2.75, 3.05) is 0 Å². The summed E-state index contributed by atoms with van der Waals surface area (Å²) < 4.78 is 0. The van der Waals surface area contributed by atoms with Crippen LogP contribution in [0.1, 0.15) is 41.8 Å². The molecule has 0 aliphatic carbocycles. The van der Waals surface area contributed by atoms with Gasteiger partial charge < -0.3 is 10.4 Å². The van der Waals surface area contributed by atoms with Crippen LogP contribution < -0.4 is 5.32 Å². The molecule has 0 unspecified atom stereocenters. The van der Waals surface area contributed by atoms with Gasteiger partial charge in [0.05, 0.1) is 5.56 Å². The lowest BCUT2D eigenvalue weighted by molar-refractivity contribution is -0.119. The van der Waals surface area contributed by atoms with Gasteiger partial charge in [-0.1, -0.05) is 19.4 Å². The smallest absolute Gasteiger partial charge is 0.335 e. The van der Waals surface area contributed by atoms with Gasteiger partial charge in [0.2, 0.25) is 5.91 Å². The average molecular weight is 235 g/mol.